The Labute approximate surface area is 198 Å². The number of carbonyl (C=O) groups is 1. The van der Waals surface area contributed by atoms with Crippen LogP contribution < -0.4 is 14.2 Å². The molecule has 32 heavy (non-hydrogen) atoms. The van der Waals surface area contributed by atoms with Crippen LogP contribution in [-0.4, -0.2) is 42.0 Å². The first kappa shape index (κ1) is 23.6. The Morgan fingerprint density at radius 3 is 2.50 bits per heavy atom. The van der Waals surface area contributed by atoms with Gasteiger partial charge in [-0.15, -0.1) is 13.2 Å². The number of thioether (sulfide) groups is 1. The maximum absolute atomic E-state index is 12.5. The number of rotatable bonds is 11. The van der Waals surface area contributed by atoms with Gasteiger partial charge in [-0.2, -0.15) is 0 Å². The van der Waals surface area contributed by atoms with Crippen LogP contribution in [0.15, 0.2) is 72.7 Å². The molecule has 3 rings (SSSR count). The molecule has 2 aromatic carbocycles. The summed E-state index contributed by atoms with van der Waals surface area (Å²) in [6.07, 6.45) is 6.06. The summed E-state index contributed by atoms with van der Waals surface area (Å²) in [6, 6.07) is 13.4. The molecule has 0 aromatic heterocycles. The topological polar surface area (TPSA) is 48.0 Å². The van der Waals surface area contributed by atoms with Gasteiger partial charge in [0, 0.05) is 6.54 Å². The summed E-state index contributed by atoms with van der Waals surface area (Å²) in [6.45, 7) is 8.60. The number of benzene rings is 2. The fourth-order valence-electron chi connectivity index (χ4n) is 3.10. The highest BCUT2D eigenvalue weighted by Crippen LogP contribution is 2.34. The van der Waals surface area contributed by atoms with Gasteiger partial charge in [-0.1, -0.05) is 60.4 Å². The maximum Gasteiger partial charge on any atom is 0.266 e. The summed E-state index contributed by atoms with van der Waals surface area (Å²) in [5.41, 5.74) is 1.91. The third kappa shape index (κ3) is 5.81. The van der Waals surface area contributed by atoms with E-state index in [1.54, 1.807) is 19.3 Å². The van der Waals surface area contributed by atoms with Crippen molar-refractivity contribution < 1.29 is 19.0 Å². The first-order valence-corrected chi connectivity index (χ1v) is 11.3. The van der Waals surface area contributed by atoms with Gasteiger partial charge >= 0.3 is 0 Å². The van der Waals surface area contributed by atoms with Crippen LogP contribution in [0, 0.1) is 0 Å². The lowest BCUT2D eigenvalue weighted by atomic mass is 10.1. The minimum atomic E-state index is -0.118. The van der Waals surface area contributed by atoms with E-state index < -0.39 is 0 Å². The van der Waals surface area contributed by atoms with Crippen molar-refractivity contribution in [2.75, 3.05) is 26.9 Å². The largest absolute Gasteiger partial charge is 0.493 e. The smallest absolute Gasteiger partial charge is 0.266 e. The highest BCUT2D eigenvalue weighted by atomic mass is 32.2. The molecule has 0 spiro atoms. The van der Waals surface area contributed by atoms with Gasteiger partial charge in [0.2, 0.25) is 0 Å². The quantitative estimate of drug-likeness (QED) is 0.194. The third-order valence-corrected chi connectivity index (χ3v) is 5.98. The zero-order valence-electron chi connectivity index (χ0n) is 17.9. The average Bonchev–Trinajstić information content (AvgIpc) is 3.06. The van der Waals surface area contributed by atoms with Crippen molar-refractivity contribution in [3.63, 3.8) is 0 Å². The lowest BCUT2D eigenvalue weighted by Crippen LogP contribution is -2.27. The first-order valence-electron chi connectivity index (χ1n) is 10.1. The second kappa shape index (κ2) is 11.5. The van der Waals surface area contributed by atoms with Gasteiger partial charge in [-0.25, -0.2) is 0 Å². The summed E-state index contributed by atoms with van der Waals surface area (Å²) < 4.78 is 17.7. The second-order valence-corrected chi connectivity index (χ2v) is 8.46. The number of thiocarbonyl (C=S) groups is 1. The number of hydrogen-bond acceptors (Lipinski definition) is 6. The molecule has 0 bridgehead atoms. The van der Waals surface area contributed by atoms with Crippen LogP contribution in [0.4, 0.5) is 0 Å². The number of methoxy groups -OCH3 is 1. The lowest BCUT2D eigenvalue weighted by molar-refractivity contribution is -0.121. The van der Waals surface area contributed by atoms with Crippen molar-refractivity contribution in [3.8, 4) is 17.2 Å². The highest BCUT2D eigenvalue weighted by molar-refractivity contribution is 8.26. The van der Waals surface area contributed by atoms with Crippen molar-refractivity contribution in [1.29, 1.82) is 0 Å². The van der Waals surface area contributed by atoms with Crippen LogP contribution in [0.2, 0.25) is 0 Å². The lowest BCUT2D eigenvalue weighted by Gasteiger charge is -2.13. The van der Waals surface area contributed by atoms with Crippen LogP contribution in [0.25, 0.3) is 6.08 Å². The molecular weight excluding hydrogens is 442 g/mol. The van der Waals surface area contributed by atoms with Gasteiger partial charge in [0.25, 0.3) is 5.91 Å². The molecule has 1 aliphatic heterocycles. The van der Waals surface area contributed by atoms with Crippen molar-refractivity contribution in [2.45, 2.75) is 6.42 Å². The molecule has 2 aromatic rings. The highest BCUT2D eigenvalue weighted by Gasteiger charge is 2.31. The minimum Gasteiger partial charge on any atom is -0.493 e. The fraction of sp³-hybridized carbons (Fsp3) is 0.200. The Morgan fingerprint density at radius 2 is 1.78 bits per heavy atom. The molecule has 0 atom stereocenters. The number of amides is 1. The molecule has 5 nitrogen and oxygen atoms in total. The number of para-hydroxylation sites is 1. The normalized spacial score (nSPS) is 14.5. The molecule has 1 heterocycles. The summed E-state index contributed by atoms with van der Waals surface area (Å²) in [5, 5.41) is 0. The Morgan fingerprint density at radius 1 is 1.03 bits per heavy atom. The van der Waals surface area contributed by atoms with Crippen molar-refractivity contribution >= 4 is 40.3 Å². The second-order valence-electron chi connectivity index (χ2n) is 6.79. The van der Waals surface area contributed by atoms with Gasteiger partial charge in [0.05, 0.1) is 12.0 Å². The molecule has 0 N–H and O–H groups in total. The van der Waals surface area contributed by atoms with E-state index in [-0.39, 0.29) is 5.91 Å². The maximum atomic E-state index is 12.5. The van der Waals surface area contributed by atoms with E-state index in [1.165, 1.54) is 16.7 Å². The molecule has 1 saturated heterocycles. The summed E-state index contributed by atoms with van der Waals surface area (Å²) in [4.78, 5) is 14.6. The molecule has 0 aliphatic carbocycles. The Kier molecular flexibility index (Phi) is 8.53. The standard InChI is InChI=1S/C25H25NO4S2/c1-4-8-19-9-6-7-10-20(19)29-14-15-30-21-12-11-18(16-22(21)28-3)17-23-24(27)26(13-5-2)25(31)32-23/h4-7,9-12,16-17H,1-2,8,13-15H2,3H3. The zero-order valence-corrected chi connectivity index (χ0v) is 19.5. The molecule has 0 saturated carbocycles. The predicted molar refractivity (Wildman–Crippen MR) is 134 cm³/mol. The molecule has 1 amide bonds. The Bertz CT molecular complexity index is 1050. The average molecular weight is 468 g/mol. The fourth-order valence-corrected chi connectivity index (χ4v) is 4.38. The van der Waals surface area contributed by atoms with E-state index >= 15 is 0 Å². The number of hydrogen-bond donors (Lipinski definition) is 0. The van der Waals surface area contributed by atoms with E-state index in [1.807, 2.05) is 48.5 Å². The SMILES string of the molecule is C=CCc1ccccc1OCCOc1ccc(C=C2SC(=S)N(CC=C)C2=O)cc1OC. The summed E-state index contributed by atoms with van der Waals surface area (Å²) >= 11 is 6.56. The van der Waals surface area contributed by atoms with E-state index in [0.29, 0.717) is 40.5 Å². The van der Waals surface area contributed by atoms with Crippen LogP contribution in [0.1, 0.15) is 11.1 Å². The predicted octanol–water partition coefficient (Wildman–Crippen LogP) is 5.27. The first-order chi connectivity index (χ1) is 15.6. The van der Waals surface area contributed by atoms with Gasteiger partial charge in [0.15, 0.2) is 11.5 Å². The van der Waals surface area contributed by atoms with Crippen LogP contribution in [-0.2, 0) is 11.2 Å². The zero-order chi connectivity index (χ0) is 22.9. The van der Waals surface area contributed by atoms with Gasteiger partial charge in [0.1, 0.15) is 23.3 Å². The van der Waals surface area contributed by atoms with Gasteiger partial charge < -0.3 is 14.2 Å². The van der Waals surface area contributed by atoms with E-state index in [2.05, 4.69) is 13.2 Å². The molecule has 0 unspecified atom stereocenters. The Balaban J connectivity index is 1.62. The van der Waals surface area contributed by atoms with E-state index in [9.17, 15) is 4.79 Å². The minimum absolute atomic E-state index is 0.118. The van der Waals surface area contributed by atoms with Crippen LogP contribution in [0.5, 0.6) is 17.2 Å². The van der Waals surface area contributed by atoms with Crippen LogP contribution >= 0.6 is 24.0 Å². The van der Waals surface area contributed by atoms with E-state index in [4.69, 9.17) is 26.4 Å². The third-order valence-electron chi connectivity index (χ3n) is 4.61. The summed E-state index contributed by atoms with van der Waals surface area (Å²) in [5.74, 6) is 1.89. The van der Waals surface area contributed by atoms with Gasteiger partial charge in [-0.05, 0) is 41.8 Å². The van der Waals surface area contributed by atoms with Crippen molar-refractivity contribution in [3.05, 3.63) is 83.8 Å². The molecule has 166 valence electrons. The van der Waals surface area contributed by atoms with Gasteiger partial charge in [-0.3, -0.25) is 9.69 Å². The number of nitrogens with zero attached hydrogens (tertiary/aromatic N) is 1. The molecular formula is C25H25NO4S2. The molecule has 1 aliphatic rings. The number of carbonyl (C=O) groups excluding carboxylic acids is 1. The number of ether oxygens (including phenoxy) is 3. The Hall–Kier alpha value is -3.03. The monoisotopic (exact) mass is 467 g/mol. The molecule has 7 heteroatoms. The van der Waals surface area contributed by atoms with Crippen LogP contribution in [0.3, 0.4) is 0 Å². The van der Waals surface area contributed by atoms with Crippen molar-refractivity contribution in [2.24, 2.45) is 0 Å². The van der Waals surface area contributed by atoms with E-state index in [0.717, 1.165) is 23.3 Å². The van der Waals surface area contributed by atoms with Crippen molar-refractivity contribution in [1.82, 2.24) is 4.90 Å². The number of allylic oxidation sites excluding steroid dienone is 1. The molecule has 0 radical (unpaired) electrons. The summed E-state index contributed by atoms with van der Waals surface area (Å²) in [7, 11) is 1.58. The molecule has 1 fully saturated rings.